The van der Waals surface area contributed by atoms with Crippen molar-refractivity contribution in [3.63, 3.8) is 0 Å². The fraction of sp³-hybridized carbons (Fsp3) is 0.400. The third kappa shape index (κ3) is 3.27. The van der Waals surface area contributed by atoms with Crippen LogP contribution in [0.2, 0.25) is 0 Å². The van der Waals surface area contributed by atoms with E-state index in [2.05, 4.69) is 15.9 Å². The predicted octanol–water partition coefficient (Wildman–Crippen LogP) is 3.00. The van der Waals surface area contributed by atoms with Gasteiger partial charge in [0.2, 0.25) is 0 Å². The summed E-state index contributed by atoms with van der Waals surface area (Å²) in [4.78, 5) is 0. The molecule has 0 amide bonds. The standard InChI is InChI=1S/C10H12BrFO2/c1-7(13-2)6-14-8-3-4-10(12)9(11)5-8/h3-5,7H,6H2,1-2H3. The molecule has 0 bridgehead atoms. The lowest BCUT2D eigenvalue weighted by molar-refractivity contribution is 0.0716. The first-order valence-corrected chi connectivity index (χ1v) is 5.03. The molecule has 1 aromatic carbocycles. The lowest BCUT2D eigenvalue weighted by atomic mass is 10.3. The first-order chi connectivity index (χ1) is 6.63. The Morgan fingerprint density at radius 3 is 2.79 bits per heavy atom. The summed E-state index contributed by atoms with van der Waals surface area (Å²) in [7, 11) is 1.62. The molecule has 1 atom stereocenters. The quantitative estimate of drug-likeness (QED) is 0.831. The Bertz CT molecular complexity index is 304. The molecule has 1 unspecified atom stereocenters. The molecule has 2 nitrogen and oxygen atoms in total. The van der Waals surface area contributed by atoms with E-state index in [4.69, 9.17) is 9.47 Å². The molecule has 4 heteroatoms. The van der Waals surface area contributed by atoms with Crippen LogP contribution >= 0.6 is 15.9 Å². The van der Waals surface area contributed by atoms with Crippen molar-refractivity contribution in [2.75, 3.05) is 13.7 Å². The van der Waals surface area contributed by atoms with Gasteiger partial charge in [-0.2, -0.15) is 0 Å². The average Bonchev–Trinajstić information content (AvgIpc) is 2.19. The van der Waals surface area contributed by atoms with E-state index >= 15 is 0 Å². The predicted molar refractivity (Wildman–Crippen MR) is 56.1 cm³/mol. The van der Waals surface area contributed by atoms with Gasteiger partial charge in [-0.05, 0) is 41.1 Å². The maximum atomic E-state index is 12.8. The molecule has 0 heterocycles. The Morgan fingerprint density at radius 2 is 2.21 bits per heavy atom. The van der Waals surface area contributed by atoms with E-state index in [0.717, 1.165) is 0 Å². The Labute approximate surface area is 91.2 Å². The van der Waals surface area contributed by atoms with Gasteiger partial charge in [0.25, 0.3) is 0 Å². The lowest BCUT2D eigenvalue weighted by Gasteiger charge is -2.11. The molecule has 0 saturated heterocycles. The van der Waals surface area contributed by atoms with Crippen LogP contribution in [0.1, 0.15) is 6.92 Å². The van der Waals surface area contributed by atoms with Crippen LogP contribution in [0.3, 0.4) is 0 Å². The van der Waals surface area contributed by atoms with E-state index in [0.29, 0.717) is 16.8 Å². The zero-order valence-corrected chi connectivity index (χ0v) is 9.67. The highest BCUT2D eigenvalue weighted by Gasteiger charge is 2.03. The van der Waals surface area contributed by atoms with Crippen molar-refractivity contribution in [3.8, 4) is 5.75 Å². The molecule has 14 heavy (non-hydrogen) atoms. The minimum Gasteiger partial charge on any atom is -0.491 e. The van der Waals surface area contributed by atoms with Crippen LogP contribution < -0.4 is 4.74 Å². The zero-order valence-electron chi connectivity index (χ0n) is 8.09. The molecule has 0 aliphatic carbocycles. The second-order valence-corrected chi connectivity index (χ2v) is 3.79. The Kier molecular flexibility index (Phi) is 4.35. The number of benzene rings is 1. The van der Waals surface area contributed by atoms with E-state index < -0.39 is 0 Å². The smallest absolute Gasteiger partial charge is 0.137 e. The van der Waals surface area contributed by atoms with Crippen molar-refractivity contribution in [1.82, 2.24) is 0 Å². The maximum absolute atomic E-state index is 12.8. The molecule has 78 valence electrons. The summed E-state index contributed by atoms with van der Waals surface area (Å²) in [6, 6.07) is 4.54. The monoisotopic (exact) mass is 262 g/mol. The van der Waals surface area contributed by atoms with E-state index in [-0.39, 0.29) is 11.9 Å². The number of rotatable bonds is 4. The normalized spacial score (nSPS) is 12.6. The van der Waals surface area contributed by atoms with Crippen LogP contribution in [0, 0.1) is 5.82 Å². The Hall–Kier alpha value is -0.610. The SMILES string of the molecule is COC(C)COc1ccc(F)c(Br)c1. The van der Waals surface area contributed by atoms with Gasteiger partial charge in [0.15, 0.2) is 0 Å². The van der Waals surface area contributed by atoms with E-state index in [1.54, 1.807) is 19.2 Å². The molecule has 0 N–H and O–H groups in total. The number of methoxy groups -OCH3 is 1. The van der Waals surface area contributed by atoms with Gasteiger partial charge in [-0.15, -0.1) is 0 Å². The first-order valence-electron chi connectivity index (χ1n) is 4.24. The van der Waals surface area contributed by atoms with E-state index in [1.165, 1.54) is 6.07 Å². The van der Waals surface area contributed by atoms with Crippen molar-refractivity contribution in [2.24, 2.45) is 0 Å². The summed E-state index contributed by atoms with van der Waals surface area (Å²) in [6.45, 7) is 2.35. The molecule has 1 rings (SSSR count). The van der Waals surface area contributed by atoms with Crippen LogP contribution in [0.25, 0.3) is 0 Å². The molecule has 0 fully saturated rings. The van der Waals surface area contributed by atoms with Gasteiger partial charge >= 0.3 is 0 Å². The molecule has 0 aliphatic heterocycles. The number of ether oxygens (including phenoxy) is 2. The Balaban J connectivity index is 2.55. The van der Waals surface area contributed by atoms with Crippen molar-refractivity contribution in [2.45, 2.75) is 13.0 Å². The van der Waals surface area contributed by atoms with Crippen LogP contribution in [-0.2, 0) is 4.74 Å². The van der Waals surface area contributed by atoms with Crippen molar-refractivity contribution in [1.29, 1.82) is 0 Å². The fourth-order valence-electron chi connectivity index (χ4n) is 0.848. The molecular formula is C10H12BrFO2. The first kappa shape index (κ1) is 11.5. The van der Waals surface area contributed by atoms with Crippen molar-refractivity contribution >= 4 is 15.9 Å². The minimum absolute atomic E-state index is 0.0267. The highest BCUT2D eigenvalue weighted by molar-refractivity contribution is 9.10. The second kappa shape index (κ2) is 5.32. The highest BCUT2D eigenvalue weighted by atomic mass is 79.9. The minimum atomic E-state index is -0.294. The average molecular weight is 263 g/mol. The molecule has 0 radical (unpaired) electrons. The van der Waals surface area contributed by atoms with Gasteiger partial charge in [-0.3, -0.25) is 0 Å². The second-order valence-electron chi connectivity index (χ2n) is 2.93. The number of hydrogen-bond donors (Lipinski definition) is 0. The van der Waals surface area contributed by atoms with Gasteiger partial charge in [-0.1, -0.05) is 0 Å². The zero-order chi connectivity index (χ0) is 10.6. The highest BCUT2D eigenvalue weighted by Crippen LogP contribution is 2.21. The Morgan fingerprint density at radius 1 is 1.50 bits per heavy atom. The van der Waals surface area contributed by atoms with Gasteiger partial charge in [-0.25, -0.2) is 4.39 Å². The largest absolute Gasteiger partial charge is 0.491 e. The summed E-state index contributed by atoms with van der Waals surface area (Å²) in [6.07, 6.45) is 0.0267. The number of halogens is 2. The molecule has 1 aromatic rings. The molecule has 0 saturated carbocycles. The molecule has 0 spiro atoms. The summed E-state index contributed by atoms with van der Waals surface area (Å²) in [5, 5.41) is 0. The fourth-order valence-corrected chi connectivity index (χ4v) is 1.21. The third-order valence-electron chi connectivity index (χ3n) is 1.78. The summed E-state index contributed by atoms with van der Waals surface area (Å²) < 4.78 is 23.6. The third-order valence-corrected chi connectivity index (χ3v) is 2.39. The summed E-state index contributed by atoms with van der Waals surface area (Å²) in [5.74, 6) is 0.333. The topological polar surface area (TPSA) is 18.5 Å². The van der Waals surface area contributed by atoms with E-state index in [9.17, 15) is 4.39 Å². The van der Waals surface area contributed by atoms with Crippen molar-refractivity contribution < 1.29 is 13.9 Å². The number of hydrogen-bond acceptors (Lipinski definition) is 2. The lowest BCUT2D eigenvalue weighted by Crippen LogP contribution is -2.15. The van der Waals surface area contributed by atoms with Crippen LogP contribution in [0.4, 0.5) is 4.39 Å². The van der Waals surface area contributed by atoms with E-state index in [1.807, 2.05) is 6.92 Å². The molecule has 0 aromatic heterocycles. The van der Waals surface area contributed by atoms with Gasteiger partial charge in [0.1, 0.15) is 18.2 Å². The van der Waals surface area contributed by atoms with Gasteiger partial charge < -0.3 is 9.47 Å². The molecule has 0 aliphatic rings. The maximum Gasteiger partial charge on any atom is 0.137 e. The van der Waals surface area contributed by atoms with Crippen LogP contribution in [-0.4, -0.2) is 19.8 Å². The molecular weight excluding hydrogens is 251 g/mol. The summed E-state index contributed by atoms with van der Waals surface area (Å²) in [5.41, 5.74) is 0. The van der Waals surface area contributed by atoms with Gasteiger partial charge in [0, 0.05) is 7.11 Å². The van der Waals surface area contributed by atoms with Gasteiger partial charge in [0.05, 0.1) is 10.6 Å². The van der Waals surface area contributed by atoms with Crippen molar-refractivity contribution in [3.05, 3.63) is 28.5 Å². The van der Waals surface area contributed by atoms with Crippen LogP contribution in [0.5, 0.6) is 5.75 Å². The summed E-state index contributed by atoms with van der Waals surface area (Å²) >= 11 is 3.08. The van der Waals surface area contributed by atoms with Crippen LogP contribution in [0.15, 0.2) is 22.7 Å².